The molecule has 0 saturated heterocycles. The number of ether oxygens (including phenoxy) is 1. The Morgan fingerprint density at radius 2 is 2.22 bits per heavy atom. The van der Waals surface area contributed by atoms with E-state index < -0.39 is 6.04 Å². The van der Waals surface area contributed by atoms with Crippen LogP contribution in [-0.2, 0) is 16.0 Å². The summed E-state index contributed by atoms with van der Waals surface area (Å²) >= 11 is 11.6. The van der Waals surface area contributed by atoms with Crippen molar-refractivity contribution in [3.63, 3.8) is 0 Å². The molecule has 0 spiro atoms. The Morgan fingerprint density at radius 3 is 2.83 bits per heavy atom. The van der Waals surface area contributed by atoms with Crippen molar-refractivity contribution in [3.05, 3.63) is 28.8 Å². The maximum atomic E-state index is 11.6. The topological polar surface area (TPSA) is 38.3 Å². The second-order valence-electron chi connectivity index (χ2n) is 3.85. The van der Waals surface area contributed by atoms with Crippen LogP contribution in [0.15, 0.2) is 18.2 Å². The largest absolute Gasteiger partial charge is 0.463 e. The fraction of sp³-hybridized carbons (Fsp3) is 0.462. The predicted molar refractivity (Wildman–Crippen MR) is 75.6 cm³/mol. The van der Waals surface area contributed by atoms with Crippen LogP contribution in [0.4, 0.5) is 5.69 Å². The Morgan fingerprint density at radius 1 is 1.50 bits per heavy atom. The summed E-state index contributed by atoms with van der Waals surface area (Å²) in [5.74, 6) is -0.0391. The number of carbonyl (C=O) groups is 1. The summed E-state index contributed by atoms with van der Waals surface area (Å²) in [6.45, 7) is 3.99. The average Bonchev–Trinajstić information content (AvgIpc) is 2.38. The predicted octanol–water partition coefficient (Wildman–Crippen LogP) is 3.48. The number of halogens is 2. The van der Waals surface area contributed by atoms with E-state index in [-0.39, 0.29) is 12.6 Å². The van der Waals surface area contributed by atoms with Crippen LogP contribution < -0.4 is 5.32 Å². The minimum absolute atomic E-state index is 0.218. The van der Waals surface area contributed by atoms with Gasteiger partial charge < -0.3 is 10.1 Å². The molecule has 1 atom stereocenters. The molecule has 1 aromatic carbocycles. The molecule has 18 heavy (non-hydrogen) atoms. The standard InChI is InChI=1S/C13H17Cl2NO2/c1-3-10-5-4-6-11(15)12(10)16-9(2)13(17)18-8-7-14/h4-6,9,16H,3,7-8H2,1-2H3. The van der Waals surface area contributed by atoms with Crippen LogP contribution in [-0.4, -0.2) is 24.5 Å². The first kappa shape index (κ1) is 15.1. The van der Waals surface area contributed by atoms with E-state index in [4.69, 9.17) is 27.9 Å². The highest BCUT2D eigenvalue weighted by Gasteiger charge is 2.16. The highest BCUT2D eigenvalue weighted by Crippen LogP contribution is 2.27. The Balaban J connectivity index is 2.75. The lowest BCUT2D eigenvalue weighted by atomic mass is 10.1. The van der Waals surface area contributed by atoms with Crippen LogP contribution in [0.25, 0.3) is 0 Å². The number of rotatable bonds is 6. The van der Waals surface area contributed by atoms with Crippen molar-refractivity contribution in [1.82, 2.24) is 0 Å². The minimum atomic E-state index is -0.460. The van der Waals surface area contributed by atoms with Gasteiger partial charge in [0.25, 0.3) is 0 Å². The summed E-state index contributed by atoms with van der Waals surface area (Å²) in [6, 6.07) is 5.20. The van der Waals surface area contributed by atoms with Gasteiger partial charge in [0.05, 0.1) is 16.6 Å². The number of benzene rings is 1. The highest BCUT2D eigenvalue weighted by atomic mass is 35.5. The van der Waals surface area contributed by atoms with Crippen molar-refractivity contribution >= 4 is 34.9 Å². The number of esters is 1. The number of aryl methyl sites for hydroxylation is 1. The summed E-state index contributed by atoms with van der Waals surface area (Å²) in [6.07, 6.45) is 0.840. The lowest BCUT2D eigenvalue weighted by Gasteiger charge is -2.17. The summed E-state index contributed by atoms with van der Waals surface area (Å²) in [5, 5.41) is 3.69. The van der Waals surface area contributed by atoms with E-state index in [1.54, 1.807) is 13.0 Å². The molecule has 1 unspecified atom stereocenters. The quantitative estimate of drug-likeness (QED) is 0.644. The molecular weight excluding hydrogens is 273 g/mol. The zero-order chi connectivity index (χ0) is 13.5. The van der Waals surface area contributed by atoms with Crippen molar-refractivity contribution in [1.29, 1.82) is 0 Å². The molecule has 0 saturated carbocycles. The summed E-state index contributed by atoms with van der Waals surface area (Å²) < 4.78 is 4.96. The zero-order valence-corrected chi connectivity index (χ0v) is 12.0. The molecule has 100 valence electrons. The molecule has 3 nitrogen and oxygen atoms in total. The molecule has 1 N–H and O–H groups in total. The van der Waals surface area contributed by atoms with Crippen LogP contribution in [0, 0.1) is 0 Å². The molecule has 0 aliphatic rings. The second-order valence-corrected chi connectivity index (χ2v) is 4.64. The molecule has 0 amide bonds. The molecule has 0 aromatic heterocycles. The van der Waals surface area contributed by atoms with Gasteiger partial charge in [-0.05, 0) is 25.0 Å². The third-order valence-corrected chi connectivity index (χ3v) is 2.99. The molecular formula is C13H17Cl2NO2. The maximum Gasteiger partial charge on any atom is 0.328 e. The highest BCUT2D eigenvalue weighted by molar-refractivity contribution is 6.33. The van der Waals surface area contributed by atoms with E-state index in [0.29, 0.717) is 10.9 Å². The van der Waals surface area contributed by atoms with Crippen molar-refractivity contribution in [2.45, 2.75) is 26.3 Å². The van der Waals surface area contributed by atoms with Crippen LogP contribution in [0.5, 0.6) is 0 Å². The summed E-state index contributed by atoms with van der Waals surface area (Å²) in [5.41, 5.74) is 1.86. The summed E-state index contributed by atoms with van der Waals surface area (Å²) in [4.78, 5) is 11.6. The van der Waals surface area contributed by atoms with Crippen molar-refractivity contribution in [2.24, 2.45) is 0 Å². The first-order valence-corrected chi connectivity index (χ1v) is 6.78. The van der Waals surface area contributed by atoms with E-state index in [0.717, 1.165) is 17.7 Å². The number of carbonyl (C=O) groups excluding carboxylic acids is 1. The van der Waals surface area contributed by atoms with Gasteiger partial charge in [-0.2, -0.15) is 0 Å². The molecule has 0 aliphatic carbocycles. The van der Waals surface area contributed by atoms with E-state index in [2.05, 4.69) is 5.32 Å². The number of hydrogen-bond donors (Lipinski definition) is 1. The fourth-order valence-corrected chi connectivity index (χ4v) is 1.89. The maximum absolute atomic E-state index is 11.6. The molecule has 1 rings (SSSR count). The number of alkyl halides is 1. The van der Waals surface area contributed by atoms with Gasteiger partial charge >= 0.3 is 5.97 Å². The SMILES string of the molecule is CCc1cccc(Cl)c1NC(C)C(=O)OCCCl. The van der Waals surface area contributed by atoms with E-state index in [1.165, 1.54) is 0 Å². The van der Waals surface area contributed by atoms with Crippen LogP contribution in [0.2, 0.25) is 5.02 Å². The number of para-hydroxylation sites is 1. The Hall–Kier alpha value is -0.930. The number of hydrogen-bond acceptors (Lipinski definition) is 3. The first-order valence-electron chi connectivity index (χ1n) is 5.86. The monoisotopic (exact) mass is 289 g/mol. The van der Waals surface area contributed by atoms with Gasteiger partial charge in [0, 0.05) is 0 Å². The number of anilines is 1. The van der Waals surface area contributed by atoms with Gasteiger partial charge in [-0.1, -0.05) is 30.7 Å². The normalized spacial score (nSPS) is 12.0. The van der Waals surface area contributed by atoms with Crippen LogP contribution in [0.1, 0.15) is 19.4 Å². The number of nitrogens with one attached hydrogen (secondary N) is 1. The summed E-state index contributed by atoms with van der Waals surface area (Å²) in [7, 11) is 0. The zero-order valence-electron chi connectivity index (χ0n) is 10.5. The van der Waals surface area contributed by atoms with Gasteiger partial charge in [0.1, 0.15) is 12.6 Å². The average molecular weight is 290 g/mol. The molecule has 0 bridgehead atoms. The Bertz CT molecular complexity index is 410. The molecule has 0 heterocycles. The lowest BCUT2D eigenvalue weighted by Crippen LogP contribution is -2.29. The van der Waals surface area contributed by atoms with Gasteiger partial charge in [-0.3, -0.25) is 0 Å². The van der Waals surface area contributed by atoms with E-state index in [9.17, 15) is 4.79 Å². The molecule has 1 aromatic rings. The lowest BCUT2D eigenvalue weighted by molar-refractivity contribution is -0.143. The Labute approximate surface area is 117 Å². The molecule has 0 fully saturated rings. The van der Waals surface area contributed by atoms with Crippen molar-refractivity contribution in [2.75, 3.05) is 17.8 Å². The minimum Gasteiger partial charge on any atom is -0.463 e. The van der Waals surface area contributed by atoms with Crippen molar-refractivity contribution < 1.29 is 9.53 Å². The van der Waals surface area contributed by atoms with Crippen LogP contribution >= 0.6 is 23.2 Å². The molecule has 0 aliphatic heterocycles. The molecule has 5 heteroatoms. The molecule has 0 radical (unpaired) electrons. The second kappa shape index (κ2) is 7.49. The Kier molecular flexibility index (Phi) is 6.30. The van der Waals surface area contributed by atoms with Gasteiger partial charge in [0.2, 0.25) is 0 Å². The fourth-order valence-electron chi connectivity index (χ4n) is 1.56. The van der Waals surface area contributed by atoms with Gasteiger partial charge in [-0.15, -0.1) is 11.6 Å². The van der Waals surface area contributed by atoms with Crippen molar-refractivity contribution in [3.8, 4) is 0 Å². The first-order chi connectivity index (χ1) is 8.60. The van der Waals surface area contributed by atoms with E-state index in [1.807, 2.05) is 19.1 Å². The third kappa shape index (κ3) is 4.07. The van der Waals surface area contributed by atoms with Crippen LogP contribution in [0.3, 0.4) is 0 Å². The van der Waals surface area contributed by atoms with Gasteiger partial charge in [0.15, 0.2) is 0 Å². The van der Waals surface area contributed by atoms with Gasteiger partial charge in [-0.25, -0.2) is 4.79 Å². The third-order valence-electron chi connectivity index (χ3n) is 2.52. The van der Waals surface area contributed by atoms with E-state index >= 15 is 0 Å². The smallest absolute Gasteiger partial charge is 0.328 e.